The van der Waals surface area contributed by atoms with E-state index in [4.69, 9.17) is 4.74 Å². The highest BCUT2D eigenvalue weighted by atomic mass is 79.9. The third-order valence-corrected chi connectivity index (χ3v) is 3.50. The number of nitrogens with one attached hydrogen (secondary N) is 1. The van der Waals surface area contributed by atoms with E-state index < -0.39 is 5.95 Å². The Labute approximate surface area is 121 Å². The number of halogens is 3. The number of rotatable bonds is 3. The summed E-state index contributed by atoms with van der Waals surface area (Å²) in [4.78, 5) is 3.74. The van der Waals surface area contributed by atoms with E-state index in [9.17, 15) is 4.39 Å². The Morgan fingerprint density at radius 1 is 1.22 bits per heavy atom. The van der Waals surface area contributed by atoms with Gasteiger partial charge in [0, 0.05) is 10.5 Å². The SMILES string of the molecule is COc1cc(Nc2cccc(F)n2)c(Br)cc1Br. The molecular formula is C12H9Br2FN2O. The van der Waals surface area contributed by atoms with Crippen molar-refractivity contribution in [2.45, 2.75) is 0 Å². The lowest BCUT2D eigenvalue weighted by Gasteiger charge is -2.11. The van der Waals surface area contributed by atoms with Crippen molar-refractivity contribution in [3.63, 3.8) is 0 Å². The van der Waals surface area contributed by atoms with Crippen LogP contribution in [0.2, 0.25) is 0 Å². The number of nitrogens with zero attached hydrogens (tertiary/aromatic N) is 1. The van der Waals surface area contributed by atoms with E-state index in [-0.39, 0.29) is 0 Å². The summed E-state index contributed by atoms with van der Waals surface area (Å²) in [6, 6.07) is 8.21. The van der Waals surface area contributed by atoms with Crippen LogP contribution in [-0.2, 0) is 0 Å². The van der Waals surface area contributed by atoms with Crippen LogP contribution in [0, 0.1) is 5.95 Å². The maximum absolute atomic E-state index is 13.0. The third kappa shape index (κ3) is 3.00. The minimum absolute atomic E-state index is 0.431. The van der Waals surface area contributed by atoms with Gasteiger partial charge in [-0.1, -0.05) is 6.07 Å². The second-order valence-corrected chi connectivity index (χ2v) is 5.15. The molecule has 0 aliphatic heterocycles. The molecule has 2 aromatic rings. The monoisotopic (exact) mass is 374 g/mol. The highest BCUT2D eigenvalue weighted by molar-refractivity contribution is 9.11. The molecule has 0 unspecified atom stereocenters. The summed E-state index contributed by atoms with van der Waals surface area (Å²) < 4.78 is 19.8. The molecule has 6 heteroatoms. The first-order chi connectivity index (χ1) is 8.60. The average Bonchev–Trinajstić information content (AvgIpc) is 2.33. The molecule has 94 valence electrons. The van der Waals surface area contributed by atoms with Gasteiger partial charge in [-0.2, -0.15) is 4.39 Å². The van der Waals surface area contributed by atoms with Gasteiger partial charge in [0.15, 0.2) is 0 Å². The molecule has 18 heavy (non-hydrogen) atoms. The summed E-state index contributed by atoms with van der Waals surface area (Å²) in [6.07, 6.45) is 0. The van der Waals surface area contributed by atoms with Crippen molar-refractivity contribution in [1.82, 2.24) is 4.98 Å². The van der Waals surface area contributed by atoms with Crippen molar-refractivity contribution >= 4 is 43.4 Å². The van der Waals surface area contributed by atoms with Crippen molar-refractivity contribution in [3.05, 3.63) is 45.2 Å². The Morgan fingerprint density at radius 3 is 2.67 bits per heavy atom. The van der Waals surface area contributed by atoms with E-state index in [0.717, 1.165) is 14.6 Å². The lowest BCUT2D eigenvalue weighted by Crippen LogP contribution is -1.97. The van der Waals surface area contributed by atoms with Gasteiger partial charge >= 0.3 is 0 Å². The Morgan fingerprint density at radius 2 is 2.00 bits per heavy atom. The Bertz CT molecular complexity index is 578. The van der Waals surface area contributed by atoms with E-state index >= 15 is 0 Å². The predicted octanol–water partition coefficient (Wildman–Crippen LogP) is 4.50. The average molecular weight is 376 g/mol. The number of ether oxygens (including phenoxy) is 1. The van der Waals surface area contributed by atoms with E-state index in [0.29, 0.717) is 11.6 Å². The van der Waals surface area contributed by atoms with Crippen LogP contribution in [-0.4, -0.2) is 12.1 Å². The van der Waals surface area contributed by atoms with Gasteiger partial charge in [-0.25, -0.2) is 4.98 Å². The zero-order valence-electron chi connectivity index (χ0n) is 9.38. The Balaban J connectivity index is 2.34. The largest absolute Gasteiger partial charge is 0.495 e. The lowest BCUT2D eigenvalue weighted by atomic mass is 10.3. The molecule has 0 amide bonds. The van der Waals surface area contributed by atoms with Crippen molar-refractivity contribution in [2.75, 3.05) is 12.4 Å². The number of hydrogen-bond acceptors (Lipinski definition) is 3. The van der Waals surface area contributed by atoms with Crippen LogP contribution in [0.3, 0.4) is 0 Å². The zero-order valence-corrected chi connectivity index (χ0v) is 12.5. The molecule has 0 atom stereocenters. The second kappa shape index (κ2) is 5.67. The first-order valence-electron chi connectivity index (χ1n) is 5.03. The van der Waals surface area contributed by atoms with E-state index in [2.05, 4.69) is 42.2 Å². The summed E-state index contributed by atoms with van der Waals surface area (Å²) in [5.41, 5.74) is 0.744. The first-order valence-corrected chi connectivity index (χ1v) is 6.61. The molecule has 0 spiro atoms. The fourth-order valence-corrected chi connectivity index (χ4v) is 2.65. The molecule has 0 fully saturated rings. The van der Waals surface area contributed by atoms with Crippen molar-refractivity contribution in [3.8, 4) is 5.75 Å². The predicted molar refractivity (Wildman–Crippen MR) is 75.9 cm³/mol. The van der Waals surface area contributed by atoms with Gasteiger partial charge in [0.05, 0.1) is 17.3 Å². The standard InChI is InChI=1S/C12H9Br2FN2O/c1-18-10-6-9(7(13)5-8(10)14)16-12-4-2-3-11(15)17-12/h2-6H,1H3,(H,16,17). The van der Waals surface area contributed by atoms with Gasteiger partial charge < -0.3 is 10.1 Å². The van der Waals surface area contributed by atoms with Crippen LogP contribution < -0.4 is 10.1 Å². The van der Waals surface area contributed by atoms with Gasteiger partial charge in [0.1, 0.15) is 11.6 Å². The van der Waals surface area contributed by atoms with Gasteiger partial charge in [-0.05, 0) is 50.1 Å². The van der Waals surface area contributed by atoms with E-state index in [1.807, 2.05) is 6.07 Å². The molecule has 1 aromatic heterocycles. The molecule has 1 heterocycles. The van der Waals surface area contributed by atoms with Crippen molar-refractivity contribution in [1.29, 1.82) is 0 Å². The molecule has 0 aliphatic carbocycles. The van der Waals surface area contributed by atoms with Gasteiger partial charge in [0.25, 0.3) is 0 Å². The van der Waals surface area contributed by atoms with Crippen LogP contribution in [0.25, 0.3) is 0 Å². The van der Waals surface area contributed by atoms with Gasteiger partial charge in [-0.15, -0.1) is 0 Å². The quantitative estimate of drug-likeness (QED) is 0.802. The summed E-state index contributed by atoms with van der Waals surface area (Å²) >= 11 is 6.80. The normalized spacial score (nSPS) is 10.2. The Kier molecular flexibility index (Phi) is 4.19. The van der Waals surface area contributed by atoms with Crippen LogP contribution in [0.4, 0.5) is 15.9 Å². The minimum atomic E-state index is -0.528. The first kappa shape index (κ1) is 13.3. The molecule has 3 nitrogen and oxygen atoms in total. The van der Waals surface area contributed by atoms with E-state index in [1.165, 1.54) is 6.07 Å². The topological polar surface area (TPSA) is 34.1 Å². The summed E-state index contributed by atoms with van der Waals surface area (Å²) in [5, 5.41) is 3.02. The molecule has 2 rings (SSSR count). The smallest absolute Gasteiger partial charge is 0.214 e. The lowest BCUT2D eigenvalue weighted by molar-refractivity contribution is 0.412. The fourth-order valence-electron chi connectivity index (χ4n) is 1.40. The molecule has 1 N–H and O–H groups in total. The number of anilines is 2. The second-order valence-electron chi connectivity index (χ2n) is 3.44. The number of methoxy groups -OCH3 is 1. The Hall–Kier alpha value is -1.14. The number of hydrogen-bond donors (Lipinski definition) is 1. The molecule has 0 bridgehead atoms. The van der Waals surface area contributed by atoms with Crippen LogP contribution >= 0.6 is 31.9 Å². The number of benzene rings is 1. The van der Waals surface area contributed by atoms with Crippen molar-refractivity contribution < 1.29 is 9.13 Å². The van der Waals surface area contributed by atoms with Crippen LogP contribution in [0.5, 0.6) is 5.75 Å². The molecule has 0 saturated carbocycles. The highest BCUT2D eigenvalue weighted by Gasteiger charge is 2.08. The fraction of sp³-hybridized carbons (Fsp3) is 0.0833. The van der Waals surface area contributed by atoms with Crippen molar-refractivity contribution in [2.24, 2.45) is 0 Å². The third-order valence-electron chi connectivity index (χ3n) is 2.22. The number of aromatic nitrogens is 1. The zero-order chi connectivity index (χ0) is 13.1. The maximum Gasteiger partial charge on any atom is 0.214 e. The molecular weight excluding hydrogens is 367 g/mol. The molecule has 0 radical (unpaired) electrons. The van der Waals surface area contributed by atoms with Crippen LogP contribution in [0.15, 0.2) is 39.3 Å². The number of pyridine rings is 1. The summed E-state index contributed by atoms with van der Waals surface area (Å²) in [5.74, 6) is 0.581. The molecule has 1 aromatic carbocycles. The summed E-state index contributed by atoms with van der Waals surface area (Å²) in [7, 11) is 1.58. The van der Waals surface area contributed by atoms with E-state index in [1.54, 1.807) is 25.3 Å². The molecule has 0 saturated heterocycles. The van der Waals surface area contributed by atoms with Gasteiger partial charge in [-0.3, -0.25) is 0 Å². The molecule has 0 aliphatic rings. The van der Waals surface area contributed by atoms with Gasteiger partial charge in [0.2, 0.25) is 5.95 Å². The van der Waals surface area contributed by atoms with Crippen LogP contribution in [0.1, 0.15) is 0 Å². The summed E-state index contributed by atoms with van der Waals surface area (Å²) in [6.45, 7) is 0. The highest BCUT2D eigenvalue weighted by Crippen LogP contribution is 2.35. The maximum atomic E-state index is 13.0. The minimum Gasteiger partial charge on any atom is -0.495 e.